The monoisotopic (exact) mass is 274 g/mol. The molecule has 1 heterocycles. The van der Waals surface area contributed by atoms with Crippen molar-refractivity contribution >= 4 is 5.78 Å². The molecule has 2 rings (SSSR count). The van der Waals surface area contributed by atoms with Crippen molar-refractivity contribution in [2.45, 2.75) is 44.5 Å². The van der Waals surface area contributed by atoms with Gasteiger partial charge in [0.25, 0.3) is 0 Å². The summed E-state index contributed by atoms with van der Waals surface area (Å²) in [7, 11) is 0. The van der Waals surface area contributed by atoms with Crippen molar-refractivity contribution in [1.29, 1.82) is 0 Å². The van der Waals surface area contributed by atoms with Crippen LogP contribution in [0.1, 0.15) is 31.2 Å². The second kappa shape index (κ2) is 7.98. The van der Waals surface area contributed by atoms with Gasteiger partial charge in [-0.25, -0.2) is 0 Å². The van der Waals surface area contributed by atoms with Crippen molar-refractivity contribution in [3.63, 3.8) is 0 Å². The Bertz CT molecular complexity index is 427. The zero-order valence-corrected chi connectivity index (χ0v) is 11.8. The largest absolute Gasteiger partial charge is 0.377 e. The van der Waals surface area contributed by atoms with Crippen LogP contribution in [0.3, 0.4) is 0 Å². The average Bonchev–Trinajstić information content (AvgIpc) is 2.80. The van der Waals surface area contributed by atoms with Gasteiger partial charge in [-0.05, 0) is 24.8 Å². The van der Waals surface area contributed by atoms with Gasteiger partial charge in [-0.2, -0.15) is 0 Å². The predicted molar refractivity (Wildman–Crippen MR) is 78.4 cm³/mol. The molecule has 3 nitrogen and oxygen atoms in total. The van der Waals surface area contributed by atoms with Crippen molar-refractivity contribution in [2.24, 2.45) is 0 Å². The highest BCUT2D eigenvalue weighted by molar-refractivity contribution is 5.85. The summed E-state index contributed by atoms with van der Waals surface area (Å²) in [5.41, 5.74) is 1.19. The maximum absolute atomic E-state index is 11.6. The van der Waals surface area contributed by atoms with Gasteiger partial charge in [-0.1, -0.05) is 36.4 Å². The van der Waals surface area contributed by atoms with Gasteiger partial charge in [0.15, 0.2) is 5.78 Å². The molecule has 3 heteroatoms. The van der Waals surface area contributed by atoms with Crippen molar-refractivity contribution in [3.8, 4) is 0 Å². The van der Waals surface area contributed by atoms with Gasteiger partial charge in [0, 0.05) is 13.0 Å². The Morgan fingerprint density at radius 3 is 2.90 bits per heavy atom. The van der Waals surface area contributed by atoms with E-state index in [1.54, 1.807) is 6.08 Å². The van der Waals surface area contributed by atoms with Crippen LogP contribution in [0.25, 0.3) is 0 Å². The van der Waals surface area contributed by atoms with Gasteiger partial charge in [0.05, 0.1) is 12.7 Å². The lowest BCUT2D eigenvalue weighted by Gasteiger charge is -2.11. The molecule has 0 spiro atoms. The van der Waals surface area contributed by atoms with E-state index in [4.69, 9.17) is 9.47 Å². The SMILES string of the molecule is C=CCC1OC(CCCOCc2ccccc2)CC1=O. The maximum Gasteiger partial charge on any atom is 0.164 e. The molecule has 2 atom stereocenters. The molecular formula is C17H22O3. The minimum Gasteiger partial charge on any atom is -0.377 e. The van der Waals surface area contributed by atoms with E-state index >= 15 is 0 Å². The highest BCUT2D eigenvalue weighted by Gasteiger charge is 2.31. The zero-order valence-electron chi connectivity index (χ0n) is 11.8. The first-order valence-corrected chi connectivity index (χ1v) is 7.20. The molecule has 0 radical (unpaired) electrons. The number of hydrogen-bond acceptors (Lipinski definition) is 3. The van der Waals surface area contributed by atoms with E-state index in [0.29, 0.717) is 26.1 Å². The summed E-state index contributed by atoms with van der Waals surface area (Å²) in [6.07, 6.45) is 4.51. The van der Waals surface area contributed by atoms with E-state index in [9.17, 15) is 4.79 Å². The number of ketones is 1. The van der Waals surface area contributed by atoms with Crippen LogP contribution in [0, 0.1) is 0 Å². The van der Waals surface area contributed by atoms with E-state index in [0.717, 1.165) is 12.8 Å². The first kappa shape index (κ1) is 14.9. The first-order valence-electron chi connectivity index (χ1n) is 7.20. The standard InChI is InChI=1S/C17H22O3/c1-2-7-17-16(18)12-15(20-17)10-6-11-19-13-14-8-4-3-5-9-14/h2-5,8-9,15,17H,1,6-7,10-13H2. The third kappa shape index (κ3) is 4.58. The van der Waals surface area contributed by atoms with Crippen molar-refractivity contribution in [1.82, 2.24) is 0 Å². The zero-order chi connectivity index (χ0) is 14.2. The first-order chi connectivity index (χ1) is 9.79. The van der Waals surface area contributed by atoms with E-state index < -0.39 is 0 Å². The third-order valence-corrected chi connectivity index (χ3v) is 3.45. The molecule has 1 saturated heterocycles. The van der Waals surface area contributed by atoms with E-state index in [2.05, 4.69) is 18.7 Å². The number of ether oxygens (including phenoxy) is 2. The number of carbonyl (C=O) groups excluding carboxylic acids is 1. The Hall–Kier alpha value is -1.45. The molecule has 1 fully saturated rings. The number of rotatable bonds is 8. The normalized spacial score (nSPS) is 22.1. The molecule has 0 aliphatic carbocycles. The summed E-state index contributed by atoms with van der Waals surface area (Å²) >= 11 is 0. The smallest absolute Gasteiger partial charge is 0.164 e. The van der Waals surface area contributed by atoms with Gasteiger partial charge in [0.2, 0.25) is 0 Å². The second-order valence-electron chi connectivity index (χ2n) is 5.12. The minimum atomic E-state index is -0.261. The molecule has 108 valence electrons. The lowest BCUT2D eigenvalue weighted by atomic mass is 10.1. The van der Waals surface area contributed by atoms with Crippen LogP contribution in [0.15, 0.2) is 43.0 Å². The summed E-state index contributed by atoms with van der Waals surface area (Å²) < 4.78 is 11.3. The van der Waals surface area contributed by atoms with E-state index in [1.807, 2.05) is 18.2 Å². The fourth-order valence-corrected chi connectivity index (χ4v) is 2.40. The van der Waals surface area contributed by atoms with Crippen LogP contribution in [0.5, 0.6) is 0 Å². The average molecular weight is 274 g/mol. The van der Waals surface area contributed by atoms with Crippen molar-refractivity contribution < 1.29 is 14.3 Å². The quantitative estimate of drug-likeness (QED) is 0.539. The summed E-state index contributed by atoms with van der Waals surface area (Å²) in [6, 6.07) is 10.1. The van der Waals surface area contributed by atoms with Crippen LogP contribution < -0.4 is 0 Å². The van der Waals surface area contributed by atoms with Crippen LogP contribution in [-0.2, 0) is 20.9 Å². The fraction of sp³-hybridized carbons (Fsp3) is 0.471. The molecule has 0 bridgehead atoms. The molecule has 0 saturated carbocycles. The molecule has 2 unspecified atom stereocenters. The molecule has 1 aliphatic rings. The summed E-state index contributed by atoms with van der Waals surface area (Å²) in [5, 5.41) is 0. The van der Waals surface area contributed by atoms with E-state index in [1.165, 1.54) is 5.56 Å². The Morgan fingerprint density at radius 1 is 1.35 bits per heavy atom. The minimum absolute atomic E-state index is 0.0628. The molecular weight excluding hydrogens is 252 g/mol. The highest BCUT2D eigenvalue weighted by Crippen LogP contribution is 2.22. The molecule has 1 aliphatic heterocycles. The van der Waals surface area contributed by atoms with Crippen LogP contribution in [-0.4, -0.2) is 24.6 Å². The third-order valence-electron chi connectivity index (χ3n) is 3.45. The molecule has 1 aromatic rings. The van der Waals surface area contributed by atoms with E-state index in [-0.39, 0.29) is 18.0 Å². The Labute approximate surface area is 120 Å². The topological polar surface area (TPSA) is 35.5 Å². The number of Topliss-reactive ketones (excluding diaryl/α,β-unsaturated/α-hetero) is 1. The van der Waals surface area contributed by atoms with Crippen molar-refractivity contribution in [2.75, 3.05) is 6.61 Å². The lowest BCUT2D eigenvalue weighted by molar-refractivity contribution is -0.122. The molecule has 0 aromatic heterocycles. The predicted octanol–water partition coefficient (Wildman–Crippen LogP) is 3.29. The van der Waals surface area contributed by atoms with Gasteiger partial charge in [-0.15, -0.1) is 6.58 Å². The highest BCUT2D eigenvalue weighted by atomic mass is 16.5. The fourth-order valence-electron chi connectivity index (χ4n) is 2.40. The van der Waals surface area contributed by atoms with Gasteiger partial charge in [0.1, 0.15) is 6.10 Å². The molecule has 0 amide bonds. The Kier molecular flexibility index (Phi) is 5.96. The Balaban J connectivity index is 1.58. The molecule has 1 aromatic carbocycles. The lowest BCUT2D eigenvalue weighted by Crippen LogP contribution is -2.14. The maximum atomic E-state index is 11.6. The number of benzene rings is 1. The summed E-state index contributed by atoms with van der Waals surface area (Å²) in [5.74, 6) is 0.208. The van der Waals surface area contributed by atoms with Gasteiger partial charge >= 0.3 is 0 Å². The van der Waals surface area contributed by atoms with Crippen LogP contribution in [0.2, 0.25) is 0 Å². The van der Waals surface area contributed by atoms with Crippen LogP contribution >= 0.6 is 0 Å². The summed E-state index contributed by atoms with van der Waals surface area (Å²) in [6.45, 7) is 4.99. The van der Waals surface area contributed by atoms with Crippen molar-refractivity contribution in [3.05, 3.63) is 48.6 Å². The second-order valence-corrected chi connectivity index (χ2v) is 5.12. The van der Waals surface area contributed by atoms with Crippen LogP contribution in [0.4, 0.5) is 0 Å². The number of hydrogen-bond donors (Lipinski definition) is 0. The molecule has 20 heavy (non-hydrogen) atoms. The molecule has 0 N–H and O–H groups in total. The Morgan fingerprint density at radius 2 is 2.15 bits per heavy atom. The van der Waals surface area contributed by atoms with Gasteiger partial charge in [-0.3, -0.25) is 4.79 Å². The number of carbonyl (C=O) groups is 1. The summed E-state index contributed by atoms with van der Waals surface area (Å²) in [4.78, 5) is 11.6. The van der Waals surface area contributed by atoms with Gasteiger partial charge < -0.3 is 9.47 Å².